The number of unbranched alkanes of at least 4 members (excludes halogenated alkanes) is 2. The van der Waals surface area contributed by atoms with Crippen LogP contribution in [0.25, 0.3) is 5.57 Å². The number of aryl methyl sites for hydroxylation is 1. The van der Waals surface area contributed by atoms with Crippen molar-refractivity contribution >= 4 is 5.57 Å². The Morgan fingerprint density at radius 1 is 1.12 bits per heavy atom. The molecule has 0 saturated carbocycles. The molecular formula is C22H23N3. The number of nitriles is 1. The highest BCUT2D eigenvalue weighted by Crippen LogP contribution is 2.34. The van der Waals surface area contributed by atoms with Gasteiger partial charge >= 0.3 is 0 Å². The van der Waals surface area contributed by atoms with E-state index < -0.39 is 5.41 Å². The van der Waals surface area contributed by atoms with Gasteiger partial charge in [0.25, 0.3) is 0 Å². The van der Waals surface area contributed by atoms with E-state index in [1.54, 1.807) is 0 Å². The Labute approximate surface area is 149 Å². The van der Waals surface area contributed by atoms with E-state index in [2.05, 4.69) is 41.2 Å². The molecule has 1 aliphatic carbocycles. The minimum Gasteiger partial charge on any atom is -0.239 e. The summed E-state index contributed by atoms with van der Waals surface area (Å²) >= 11 is 0. The van der Waals surface area contributed by atoms with Gasteiger partial charge in [-0.3, -0.25) is 0 Å². The highest BCUT2D eigenvalue weighted by Gasteiger charge is 2.33. The smallest absolute Gasteiger partial charge is 0.152 e. The van der Waals surface area contributed by atoms with Gasteiger partial charge in [-0.2, -0.15) is 5.26 Å². The third-order valence-electron chi connectivity index (χ3n) is 4.67. The van der Waals surface area contributed by atoms with Crippen molar-refractivity contribution in [1.29, 1.82) is 5.26 Å². The molecule has 126 valence electrons. The normalized spacial score (nSPS) is 19.3. The molecule has 0 bridgehead atoms. The second kappa shape index (κ2) is 7.90. The second-order valence-corrected chi connectivity index (χ2v) is 6.52. The Balaban J connectivity index is 1.76. The standard InChI is InChI=1S/C22H23N3/c1-2-3-5-8-18-15-24-21(25-16-18)22(17-23)13-11-20(12-14-22)19-9-6-4-7-10-19/h4,6-7,9-13,15-16H,2-3,5,8,14H2,1H3. The van der Waals surface area contributed by atoms with Gasteiger partial charge in [0.2, 0.25) is 0 Å². The summed E-state index contributed by atoms with van der Waals surface area (Å²) < 4.78 is 0. The van der Waals surface area contributed by atoms with E-state index in [0.29, 0.717) is 12.2 Å². The number of hydrogen-bond acceptors (Lipinski definition) is 3. The molecule has 0 saturated heterocycles. The van der Waals surface area contributed by atoms with E-state index in [4.69, 9.17) is 0 Å². The lowest BCUT2D eigenvalue weighted by Crippen LogP contribution is -2.25. The number of aromatic nitrogens is 2. The van der Waals surface area contributed by atoms with Gasteiger partial charge in [-0.15, -0.1) is 0 Å². The van der Waals surface area contributed by atoms with Crippen molar-refractivity contribution < 1.29 is 0 Å². The van der Waals surface area contributed by atoms with Crippen LogP contribution in [-0.4, -0.2) is 9.97 Å². The van der Waals surface area contributed by atoms with Crippen LogP contribution in [0.5, 0.6) is 0 Å². The van der Waals surface area contributed by atoms with Crippen LogP contribution < -0.4 is 0 Å². The molecule has 0 radical (unpaired) electrons. The summed E-state index contributed by atoms with van der Waals surface area (Å²) in [4.78, 5) is 9.02. The fourth-order valence-electron chi connectivity index (χ4n) is 3.08. The molecule has 3 nitrogen and oxygen atoms in total. The van der Waals surface area contributed by atoms with E-state index in [9.17, 15) is 5.26 Å². The van der Waals surface area contributed by atoms with Gasteiger partial charge in [0.05, 0.1) is 6.07 Å². The monoisotopic (exact) mass is 329 g/mol. The first-order valence-electron chi connectivity index (χ1n) is 8.95. The minimum atomic E-state index is -0.764. The van der Waals surface area contributed by atoms with Crippen molar-refractivity contribution in [3.8, 4) is 6.07 Å². The lowest BCUT2D eigenvalue weighted by molar-refractivity contribution is 0.632. The maximum absolute atomic E-state index is 9.78. The van der Waals surface area contributed by atoms with Crippen molar-refractivity contribution in [1.82, 2.24) is 9.97 Å². The van der Waals surface area contributed by atoms with Gasteiger partial charge < -0.3 is 0 Å². The van der Waals surface area contributed by atoms with E-state index in [-0.39, 0.29) is 0 Å². The molecule has 1 heterocycles. The zero-order valence-corrected chi connectivity index (χ0v) is 14.7. The Kier molecular flexibility index (Phi) is 5.40. The van der Waals surface area contributed by atoms with E-state index >= 15 is 0 Å². The Morgan fingerprint density at radius 3 is 2.48 bits per heavy atom. The van der Waals surface area contributed by atoms with E-state index in [1.807, 2.05) is 42.7 Å². The summed E-state index contributed by atoms with van der Waals surface area (Å²) in [7, 11) is 0. The SMILES string of the molecule is CCCCCc1cnc(C2(C#N)C=CC(c3ccccc3)=CC2)nc1. The van der Waals surface area contributed by atoms with Crippen LogP contribution in [0.4, 0.5) is 0 Å². The number of benzene rings is 1. The lowest BCUT2D eigenvalue weighted by Gasteiger charge is -2.23. The summed E-state index contributed by atoms with van der Waals surface area (Å²) in [5.74, 6) is 0.592. The Hall–Kier alpha value is -2.73. The van der Waals surface area contributed by atoms with Crippen molar-refractivity contribution in [2.75, 3.05) is 0 Å². The first-order chi connectivity index (χ1) is 12.3. The first-order valence-corrected chi connectivity index (χ1v) is 8.95. The zero-order chi connectivity index (χ0) is 17.5. The highest BCUT2D eigenvalue weighted by molar-refractivity contribution is 5.76. The fourth-order valence-corrected chi connectivity index (χ4v) is 3.08. The van der Waals surface area contributed by atoms with E-state index in [0.717, 1.165) is 29.5 Å². The number of nitrogens with zero attached hydrogens (tertiary/aromatic N) is 3. The van der Waals surface area contributed by atoms with Crippen LogP contribution in [0.2, 0.25) is 0 Å². The van der Waals surface area contributed by atoms with Crippen molar-refractivity contribution in [2.24, 2.45) is 0 Å². The predicted octanol–water partition coefficient (Wildman–Crippen LogP) is 5.01. The summed E-state index contributed by atoms with van der Waals surface area (Å²) in [6, 6.07) is 12.6. The Bertz CT molecular complexity index is 797. The molecule has 1 atom stereocenters. The summed E-state index contributed by atoms with van der Waals surface area (Å²) in [5, 5.41) is 9.78. The quantitative estimate of drug-likeness (QED) is 0.700. The van der Waals surface area contributed by atoms with Gasteiger partial charge in [-0.25, -0.2) is 9.97 Å². The lowest BCUT2D eigenvalue weighted by atomic mass is 9.79. The molecule has 2 aromatic rings. The zero-order valence-electron chi connectivity index (χ0n) is 14.7. The van der Waals surface area contributed by atoms with Gasteiger partial charge in [-0.05, 0) is 36.0 Å². The largest absolute Gasteiger partial charge is 0.239 e. The summed E-state index contributed by atoms with van der Waals surface area (Å²) in [6.07, 6.45) is 15.0. The van der Waals surface area contributed by atoms with E-state index in [1.165, 1.54) is 12.8 Å². The molecule has 0 aliphatic heterocycles. The van der Waals surface area contributed by atoms with Crippen molar-refractivity contribution in [2.45, 2.75) is 44.4 Å². The first kappa shape index (κ1) is 17.1. The third-order valence-corrected chi connectivity index (χ3v) is 4.67. The topological polar surface area (TPSA) is 49.6 Å². The molecule has 1 unspecified atom stereocenters. The molecular weight excluding hydrogens is 306 g/mol. The predicted molar refractivity (Wildman–Crippen MR) is 101 cm³/mol. The molecule has 25 heavy (non-hydrogen) atoms. The van der Waals surface area contributed by atoms with Crippen molar-refractivity contribution in [3.63, 3.8) is 0 Å². The van der Waals surface area contributed by atoms with Crippen LogP contribution in [0.3, 0.4) is 0 Å². The molecule has 0 N–H and O–H groups in total. The van der Waals surface area contributed by atoms with Gasteiger partial charge in [-0.1, -0.05) is 68.3 Å². The minimum absolute atomic E-state index is 0.592. The second-order valence-electron chi connectivity index (χ2n) is 6.52. The van der Waals surface area contributed by atoms with Crippen molar-refractivity contribution in [3.05, 3.63) is 77.9 Å². The molecule has 1 aromatic carbocycles. The summed E-state index contributed by atoms with van der Waals surface area (Å²) in [6.45, 7) is 2.20. The number of rotatable bonds is 6. The highest BCUT2D eigenvalue weighted by atomic mass is 14.9. The fraction of sp³-hybridized carbons (Fsp3) is 0.318. The molecule has 3 heteroatoms. The summed E-state index contributed by atoms with van der Waals surface area (Å²) in [5.41, 5.74) is 2.69. The molecule has 0 spiro atoms. The molecule has 3 rings (SSSR count). The maximum atomic E-state index is 9.78. The average Bonchev–Trinajstić information content (AvgIpc) is 2.69. The molecule has 0 fully saturated rings. The van der Waals surface area contributed by atoms with Gasteiger partial charge in [0.1, 0.15) is 5.41 Å². The van der Waals surface area contributed by atoms with Crippen LogP contribution in [-0.2, 0) is 11.8 Å². The molecule has 0 amide bonds. The average molecular weight is 329 g/mol. The van der Waals surface area contributed by atoms with Gasteiger partial charge in [0, 0.05) is 12.4 Å². The Morgan fingerprint density at radius 2 is 1.88 bits per heavy atom. The van der Waals surface area contributed by atoms with Crippen LogP contribution >= 0.6 is 0 Å². The van der Waals surface area contributed by atoms with Crippen LogP contribution in [0.15, 0.2) is 61.0 Å². The molecule has 1 aromatic heterocycles. The number of hydrogen-bond donors (Lipinski definition) is 0. The third kappa shape index (κ3) is 3.85. The van der Waals surface area contributed by atoms with Crippen LogP contribution in [0.1, 0.15) is 49.6 Å². The number of allylic oxidation sites excluding steroid dienone is 4. The molecule has 1 aliphatic rings. The maximum Gasteiger partial charge on any atom is 0.152 e. The van der Waals surface area contributed by atoms with Crippen LogP contribution in [0, 0.1) is 11.3 Å². The van der Waals surface area contributed by atoms with Gasteiger partial charge in [0.15, 0.2) is 5.82 Å².